The van der Waals surface area contributed by atoms with Crippen LogP contribution in [0.5, 0.6) is 5.75 Å². The first-order valence-corrected chi connectivity index (χ1v) is 17.3. The SMILES string of the molecule is COc1cc2c(cc1SC)S/C(=C\c1sc3ccccc3[n+]1CCCS(=O)(=O)O)N2CCCS(=O)(=O)O. The van der Waals surface area contributed by atoms with Crippen LogP contribution in [-0.4, -0.2) is 57.4 Å². The summed E-state index contributed by atoms with van der Waals surface area (Å²) < 4.78 is 72.3. The normalized spacial score (nSPS) is 15.0. The summed E-state index contributed by atoms with van der Waals surface area (Å²) in [5.74, 6) is 0.0318. The second-order valence-corrected chi connectivity index (χ2v) is 14.4. The van der Waals surface area contributed by atoms with Crippen LogP contribution in [0.4, 0.5) is 5.69 Å². The summed E-state index contributed by atoms with van der Waals surface area (Å²) in [6.45, 7) is 0.759. The van der Waals surface area contributed by atoms with E-state index in [4.69, 9.17) is 4.74 Å². The summed E-state index contributed by atoms with van der Waals surface area (Å²) in [4.78, 5) is 4.00. The molecule has 1 aliphatic heterocycles. The van der Waals surface area contributed by atoms with Gasteiger partial charge < -0.3 is 9.64 Å². The Morgan fingerprint density at radius 2 is 1.78 bits per heavy atom. The summed E-state index contributed by atoms with van der Waals surface area (Å²) in [6.07, 6.45) is 4.46. The highest BCUT2D eigenvalue weighted by atomic mass is 32.2. The molecule has 0 bridgehead atoms. The van der Waals surface area contributed by atoms with E-state index >= 15 is 0 Å². The molecule has 0 aliphatic carbocycles. The van der Waals surface area contributed by atoms with Gasteiger partial charge in [0.25, 0.3) is 25.2 Å². The topological polar surface area (TPSA) is 125 Å². The van der Waals surface area contributed by atoms with Crippen LogP contribution in [0.2, 0.25) is 0 Å². The van der Waals surface area contributed by atoms with Gasteiger partial charge in [0, 0.05) is 30.0 Å². The van der Waals surface area contributed by atoms with Gasteiger partial charge in [-0.1, -0.05) is 35.2 Å². The molecule has 1 aromatic heterocycles. The lowest BCUT2D eigenvalue weighted by Crippen LogP contribution is -2.36. The fraction of sp³-hybridized carbons (Fsp3) is 0.348. The van der Waals surface area contributed by atoms with Gasteiger partial charge in [-0.05, 0) is 24.8 Å². The van der Waals surface area contributed by atoms with Crippen molar-refractivity contribution < 1.29 is 35.2 Å². The van der Waals surface area contributed by atoms with Crippen LogP contribution < -0.4 is 14.2 Å². The first kappa shape index (κ1) is 28.2. The zero-order valence-electron chi connectivity index (χ0n) is 20.2. The van der Waals surface area contributed by atoms with Crippen LogP contribution in [0.25, 0.3) is 16.3 Å². The van der Waals surface area contributed by atoms with Gasteiger partial charge in [-0.2, -0.15) is 21.4 Å². The molecule has 1 aliphatic rings. The number of thioether (sulfide) groups is 2. The van der Waals surface area contributed by atoms with E-state index < -0.39 is 20.2 Å². The highest BCUT2D eigenvalue weighted by molar-refractivity contribution is 8.04. The van der Waals surface area contributed by atoms with E-state index in [1.807, 2.05) is 58.2 Å². The van der Waals surface area contributed by atoms with E-state index in [2.05, 4.69) is 0 Å². The fourth-order valence-electron chi connectivity index (χ4n) is 4.07. The van der Waals surface area contributed by atoms with Gasteiger partial charge in [-0.15, -0.1) is 11.8 Å². The molecule has 0 amide bonds. The lowest BCUT2D eigenvalue weighted by Gasteiger charge is -2.20. The first-order chi connectivity index (χ1) is 17.5. The summed E-state index contributed by atoms with van der Waals surface area (Å²) >= 11 is 4.69. The predicted molar refractivity (Wildman–Crippen MR) is 150 cm³/mol. The van der Waals surface area contributed by atoms with Crippen LogP contribution in [0, 0.1) is 0 Å². The molecular weight excluding hydrogens is 577 g/mol. The van der Waals surface area contributed by atoms with E-state index in [-0.39, 0.29) is 24.3 Å². The molecule has 3 aromatic rings. The van der Waals surface area contributed by atoms with Crippen LogP contribution in [-0.2, 0) is 26.8 Å². The van der Waals surface area contributed by atoms with Crippen LogP contribution in [0.15, 0.2) is 51.2 Å². The summed E-state index contributed by atoms with van der Waals surface area (Å²) in [6, 6.07) is 11.8. The predicted octanol–water partition coefficient (Wildman–Crippen LogP) is 4.39. The molecule has 4 rings (SSSR count). The fourth-order valence-corrected chi connectivity index (χ4v) is 8.06. The second kappa shape index (κ2) is 11.5. The summed E-state index contributed by atoms with van der Waals surface area (Å²) in [5.41, 5.74) is 1.85. The third-order valence-corrected chi connectivity index (χ3v) is 10.3. The van der Waals surface area contributed by atoms with Crippen LogP contribution in [0.1, 0.15) is 17.8 Å². The molecule has 2 N–H and O–H groups in total. The molecule has 9 nitrogen and oxygen atoms in total. The minimum atomic E-state index is -4.09. The molecule has 200 valence electrons. The van der Waals surface area contributed by atoms with E-state index in [1.165, 1.54) is 0 Å². The van der Waals surface area contributed by atoms with Crippen molar-refractivity contribution in [1.82, 2.24) is 0 Å². The number of nitrogens with zero attached hydrogens (tertiary/aromatic N) is 2. The van der Waals surface area contributed by atoms with E-state index in [0.717, 1.165) is 41.5 Å². The van der Waals surface area contributed by atoms with Gasteiger partial charge >= 0.3 is 0 Å². The zero-order valence-corrected chi connectivity index (χ0v) is 24.2. The van der Waals surface area contributed by atoms with Crippen molar-refractivity contribution >= 4 is 77.1 Å². The van der Waals surface area contributed by atoms with E-state index in [9.17, 15) is 25.9 Å². The Hall–Kier alpha value is -1.81. The minimum absolute atomic E-state index is 0.226. The Balaban J connectivity index is 1.75. The minimum Gasteiger partial charge on any atom is -0.496 e. The molecular formula is C23H27N2O7S5+. The van der Waals surface area contributed by atoms with Crippen molar-refractivity contribution in [2.24, 2.45) is 0 Å². The number of ether oxygens (including phenoxy) is 1. The Labute approximate surface area is 229 Å². The molecule has 0 atom stereocenters. The highest BCUT2D eigenvalue weighted by Gasteiger charge is 2.30. The number of hydrogen-bond acceptors (Lipinski definition) is 9. The van der Waals surface area contributed by atoms with Crippen LogP contribution in [0.3, 0.4) is 0 Å². The number of aromatic nitrogens is 1. The maximum absolute atomic E-state index is 11.4. The van der Waals surface area contributed by atoms with E-state index in [1.54, 1.807) is 42.0 Å². The first-order valence-electron chi connectivity index (χ1n) is 11.2. The van der Waals surface area contributed by atoms with Crippen LogP contribution >= 0.6 is 34.9 Å². The van der Waals surface area contributed by atoms with Gasteiger partial charge in [0.1, 0.15) is 10.4 Å². The molecule has 2 heterocycles. The third-order valence-electron chi connectivity index (χ3n) is 5.69. The number of para-hydroxylation sites is 1. The number of thiazole rings is 1. The van der Waals surface area contributed by atoms with Crippen molar-refractivity contribution in [3.63, 3.8) is 0 Å². The number of fused-ring (bicyclic) bond motifs is 2. The van der Waals surface area contributed by atoms with E-state index in [0.29, 0.717) is 13.1 Å². The van der Waals surface area contributed by atoms with Gasteiger partial charge in [0.2, 0.25) is 5.52 Å². The molecule has 37 heavy (non-hydrogen) atoms. The largest absolute Gasteiger partial charge is 0.496 e. The Bertz CT molecular complexity index is 1550. The molecule has 0 saturated carbocycles. The molecule has 0 spiro atoms. The second-order valence-electron chi connectivity index (χ2n) is 8.25. The van der Waals surface area contributed by atoms with Crippen molar-refractivity contribution in [3.8, 4) is 5.75 Å². The van der Waals surface area contributed by atoms with Crippen molar-refractivity contribution in [1.29, 1.82) is 0 Å². The lowest BCUT2D eigenvalue weighted by molar-refractivity contribution is -0.668. The van der Waals surface area contributed by atoms with Gasteiger partial charge in [-0.3, -0.25) is 9.11 Å². The lowest BCUT2D eigenvalue weighted by atomic mass is 10.2. The molecule has 0 radical (unpaired) electrons. The Morgan fingerprint density at radius 1 is 1.08 bits per heavy atom. The maximum Gasteiger partial charge on any atom is 0.265 e. The van der Waals surface area contributed by atoms with Gasteiger partial charge in [0.15, 0.2) is 6.54 Å². The third kappa shape index (κ3) is 6.99. The number of benzene rings is 2. The molecule has 0 fully saturated rings. The number of anilines is 1. The Morgan fingerprint density at radius 3 is 2.46 bits per heavy atom. The van der Waals surface area contributed by atoms with Gasteiger partial charge in [0.05, 0.1) is 40.3 Å². The number of aryl methyl sites for hydroxylation is 1. The summed E-state index contributed by atoms with van der Waals surface area (Å²) in [5, 5.41) is 1.77. The average molecular weight is 604 g/mol. The molecule has 0 unspecified atom stereocenters. The zero-order chi connectivity index (χ0) is 26.8. The number of rotatable bonds is 11. The smallest absolute Gasteiger partial charge is 0.265 e. The molecule has 14 heteroatoms. The molecule has 2 aromatic carbocycles. The van der Waals surface area contributed by atoms with Crippen molar-refractivity contribution in [2.45, 2.75) is 29.2 Å². The van der Waals surface area contributed by atoms with Crippen molar-refractivity contribution in [2.75, 3.05) is 36.3 Å². The monoisotopic (exact) mass is 603 g/mol. The Kier molecular flexibility index (Phi) is 8.78. The highest BCUT2D eigenvalue weighted by Crippen LogP contribution is 2.50. The summed E-state index contributed by atoms with van der Waals surface area (Å²) in [7, 11) is -6.55. The van der Waals surface area contributed by atoms with Gasteiger partial charge in [-0.25, -0.2) is 0 Å². The number of hydrogen-bond donors (Lipinski definition) is 2. The van der Waals surface area contributed by atoms with Crippen molar-refractivity contribution in [3.05, 3.63) is 46.4 Å². The quantitative estimate of drug-likeness (QED) is 0.185. The number of methoxy groups -OCH3 is 1. The maximum atomic E-state index is 11.4. The standard InChI is InChI=1S/C23H26N2O7S5/c1-32-18-13-17-20(14-21(18)33-2)35-23(25(17)10-6-12-37(29,30)31)15-22-24(9-5-11-36(26,27)28)16-7-3-4-8-19(16)34-22/h3-4,7-8,13-15H,5-6,9-12H2,1-2H3,(H-,26,27,28,29,30,31)/p+1. The molecule has 0 saturated heterocycles. The average Bonchev–Trinajstić information content (AvgIpc) is 3.34.